The summed E-state index contributed by atoms with van der Waals surface area (Å²) in [5.74, 6) is -1.39. The maximum absolute atomic E-state index is 12.3. The van der Waals surface area contributed by atoms with Crippen molar-refractivity contribution >= 4 is 11.9 Å². The topological polar surface area (TPSA) is 88.8 Å². The summed E-state index contributed by atoms with van der Waals surface area (Å²) in [6, 6.07) is 2.76. The Morgan fingerprint density at radius 3 is 2.65 bits per heavy atom. The molecule has 1 unspecified atom stereocenters. The minimum absolute atomic E-state index is 0.00134. The standard InChI is InChI=1S/C13H16N2O5/c1-8-5-15(7-10(20-8)13(18)19)12(17)9-3-4-11(16)14(2)6-9/h3-4,6,8,10H,5,7H2,1-2H3,(H,18,19)/t8-,10?/m1/s1. The van der Waals surface area contributed by atoms with Crippen LogP contribution in [0.2, 0.25) is 0 Å². The van der Waals surface area contributed by atoms with Gasteiger partial charge < -0.3 is 19.3 Å². The predicted molar refractivity (Wildman–Crippen MR) is 69.6 cm³/mol. The fourth-order valence-electron chi connectivity index (χ4n) is 2.16. The third-order valence-electron chi connectivity index (χ3n) is 3.16. The van der Waals surface area contributed by atoms with E-state index in [2.05, 4.69) is 0 Å². The lowest BCUT2D eigenvalue weighted by molar-refractivity contribution is -0.160. The highest BCUT2D eigenvalue weighted by molar-refractivity contribution is 5.94. The summed E-state index contributed by atoms with van der Waals surface area (Å²) in [6.45, 7) is 2.04. The minimum atomic E-state index is -1.09. The number of carboxylic acids is 1. The fraction of sp³-hybridized carbons (Fsp3) is 0.462. The molecule has 1 aliphatic rings. The Morgan fingerprint density at radius 1 is 1.35 bits per heavy atom. The summed E-state index contributed by atoms with van der Waals surface area (Å²) >= 11 is 0. The molecule has 1 aromatic rings. The Balaban J connectivity index is 2.21. The van der Waals surface area contributed by atoms with Gasteiger partial charge in [0.25, 0.3) is 5.91 Å². The number of aromatic nitrogens is 1. The fourth-order valence-corrected chi connectivity index (χ4v) is 2.16. The van der Waals surface area contributed by atoms with Gasteiger partial charge in [0, 0.05) is 25.9 Å². The van der Waals surface area contributed by atoms with E-state index in [0.717, 1.165) is 0 Å². The van der Waals surface area contributed by atoms with Gasteiger partial charge in [0.05, 0.1) is 18.2 Å². The van der Waals surface area contributed by atoms with Crippen LogP contribution in [-0.4, -0.2) is 51.7 Å². The van der Waals surface area contributed by atoms with E-state index in [4.69, 9.17) is 9.84 Å². The van der Waals surface area contributed by atoms with Crippen molar-refractivity contribution in [3.63, 3.8) is 0 Å². The smallest absolute Gasteiger partial charge is 0.334 e. The monoisotopic (exact) mass is 280 g/mol. The van der Waals surface area contributed by atoms with E-state index in [1.165, 1.54) is 27.8 Å². The van der Waals surface area contributed by atoms with E-state index in [1.54, 1.807) is 14.0 Å². The lowest BCUT2D eigenvalue weighted by Crippen LogP contribution is -2.51. The molecule has 1 amide bonds. The maximum Gasteiger partial charge on any atom is 0.334 e. The highest BCUT2D eigenvalue weighted by atomic mass is 16.5. The molecule has 1 aliphatic heterocycles. The van der Waals surface area contributed by atoms with Crippen LogP contribution in [0.1, 0.15) is 17.3 Å². The summed E-state index contributed by atoms with van der Waals surface area (Å²) in [6.07, 6.45) is 0.0807. The first-order valence-electron chi connectivity index (χ1n) is 6.22. The van der Waals surface area contributed by atoms with E-state index in [-0.39, 0.29) is 24.1 Å². The molecule has 1 fully saturated rings. The van der Waals surface area contributed by atoms with E-state index in [0.29, 0.717) is 12.1 Å². The summed E-state index contributed by atoms with van der Waals surface area (Å²) < 4.78 is 6.57. The number of hydrogen-bond donors (Lipinski definition) is 1. The van der Waals surface area contributed by atoms with Gasteiger partial charge in [0.1, 0.15) is 0 Å². The van der Waals surface area contributed by atoms with Gasteiger partial charge in [0.15, 0.2) is 6.10 Å². The number of pyridine rings is 1. The molecule has 0 bridgehead atoms. The van der Waals surface area contributed by atoms with Crippen molar-refractivity contribution in [1.29, 1.82) is 0 Å². The zero-order chi connectivity index (χ0) is 14.9. The minimum Gasteiger partial charge on any atom is -0.479 e. The Bertz CT molecular complexity index is 595. The van der Waals surface area contributed by atoms with Gasteiger partial charge in [0.2, 0.25) is 5.56 Å². The number of aliphatic carboxylic acids is 1. The van der Waals surface area contributed by atoms with Crippen LogP contribution in [0.3, 0.4) is 0 Å². The molecule has 20 heavy (non-hydrogen) atoms. The second-order valence-electron chi connectivity index (χ2n) is 4.85. The second kappa shape index (κ2) is 5.46. The van der Waals surface area contributed by atoms with Gasteiger partial charge in [-0.3, -0.25) is 9.59 Å². The van der Waals surface area contributed by atoms with E-state index < -0.39 is 12.1 Å². The van der Waals surface area contributed by atoms with Crippen LogP contribution in [0.25, 0.3) is 0 Å². The zero-order valence-corrected chi connectivity index (χ0v) is 11.3. The van der Waals surface area contributed by atoms with Crippen molar-refractivity contribution in [1.82, 2.24) is 9.47 Å². The second-order valence-corrected chi connectivity index (χ2v) is 4.85. The van der Waals surface area contributed by atoms with E-state index in [1.807, 2.05) is 0 Å². The Morgan fingerprint density at radius 2 is 2.05 bits per heavy atom. The van der Waals surface area contributed by atoms with Crippen molar-refractivity contribution in [3.05, 3.63) is 34.2 Å². The Labute approximate surface area is 115 Å². The number of hydrogen-bond acceptors (Lipinski definition) is 4. The Kier molecular flexibility index (Phi) is 3.89. The van der Waals surface area contributed by atoms with Gasteiger partial charge >= 0.3 is 5.97 Å². The molecule has 1 N–H and O–H groups in total. The number of carbonyl (C=O) groups excluding carboxylic acids is 1. The van der Waals surface area contributed by atoms with Gasteiger partial charge in [-0.15, -0.1) is 0 Å². The highest BCUT2D eigenvalue weighted by Crippen LogP contribution is 2.14. The number of carboxylic acid groups (broad SMARTS) is 1. The molecular formula is C13H16N2O5. The molecule has 0 aromatic carbocycles. The average molecular weight is 280 g/mol. The summed E-state index contributed by atoms with van der Waals surface area (Å²) in [4.78, 5) is 36.1. The summed E-state index contributed by atoms with van der Waals surface area (Å²) in [5, 5.41) is 9.00. The molecule has 1 saturated heterocycles. The number of amides is 1. The van der Waals surface area contributed by atoms with Gasteiger partial charge in [-0.25, -0.2) is 4.79 Å². The lowest BCUT2D eigenvalue weighted by Gasteiger charge is -2.35. The third kappa shape index (κ3) is 2.88. The van der Waals surface area contributed by atoms with Crippen LogP contribution < -0.4 is 5.56 Å². The first kappa shape index (κ1) is 14.3. The van der Waals surface area contributed by atoms with Crippen LogP contribution in [-0.2, 0) is 16.6 Å². The van der Waals surface area contributed by atoms with Crippen molar-refractivity contribution in [2.45, 2.75) is 19.1 Å². The predicted octanol–water partition coefficient (Wildman–Crippen LogP) is -0.301. The van der Waals surface area contributed by atoms with Gasteiger partial charge in [-0.1, -0.05) is 0 Å². The van der Waals surface area contributed by atoms with Crippen LogP contribution in [0.4, 0.5) is 0 Å². The Hall–Kier alpha value is -2.15. The van der Waals surface area contributed by atoms with Crippen molar-refractivity contribution in [2.24, 2.45) is 7.05 Å². The molecule has 0 radical (unpaired) electrons. The normalized spacial score (nSPS) is 22.6. The number of rotatable bonds is 2. The molecule has 0 spiro atoms. The number of nitrogens with zero attached hydrogens (tertiary/aromatic N) is 2. The van der Waals surface area contributed by atoms with E-state index in [9.17, 15) is 14.4 Å². The van der Waals surface area contributed by atoms with Crippen molar-refractivity contribution in [2.75, 3.05) is 13.1 Å². The SMILES string of the molecule is C[C@@H]1CN(C(=O)c2ccc(=O)n(C)c2)CC(C(=O)O)O1. The van der Waals surface area contributed by atoms with Crippen LogP contribution >= 0.6 is 0 Å². The molecular weight excluding hydrogens is 264 g/mol. The molecule has 0 aliphatic carbocycles. The zero-order valence-electron chi connectivity index (χ0n) is 11.3. The van der Waals surface area contributed by atoms with Gasteiger partial charge in [-0.05, 0) is 13.0 Å². The summed E-state index contributed by atoms with van der Waals surface area (Å²) in [5.41, 5.74) is 0.144. The molecule has 2 rings (SSSR count). The van der Waals surface area contributed by atoms with Gasteiger partial charge in [-0.2, -0.15) is 0 Å². The molecule has 108 valence electrons. The summed E-state index contributed by atoms with van der Waals surface area (Å²) in [7, 11) is 1.56. The van der Waals surface area contributed by atoms with Crippen molar-refractivity contribution in [3.8, 4) is 0 Å². The highest BCUT2D eigenvalue weighted by Gasteiger charge is 2.33. The maximum atomic E-state index is 12.3. The molecule has 7 heteroatoms. The first-order chi connectivity index (χ1) is 9.38. The molecule has 1 aromatic heterocycles. The number of carbonyl (C=O) groups is 2. The van der Waals surface area contributed by atoms with Crippen LogP contribution in [0.5, 0.6) is 0 Å². The average Bonchev–Trinajstić information content (AvgIpc) is 2.40. The first-order valence-corrected chi connectivity index (χ1v) is 6.22. The molecule has 2 heterocycles. The van der Waals surface area contributed by atoms with E-state index >= 15 is 0 Å². The third-order valence-corrected chi connectivity index (χ3v) is 3.16. The molecule has 0 saturated carbocycles. The molecule has 2 atom stereocenters. The number of morpholine rings is 1. The largest absolute Gasteiger partial charge is 0.479 e. The lowest BCUT2D eigenvalue weighted by atomic mass is 10.1. The van der Waals surface area contributed by atoms with Crippen LogP contribution in [0.15, 0.2) is 23.1 Å². The quantitative estimate of drug-likeness (QED) is 0.803. The number of aryl methyl sites for hydroxylation is 1. The number of ether oxygens (including phenoxy) is 1. The van der Waals surface area contributed by atoms with Crippen molar-refractivity contribution < 1.29 is 19.4 Å². The molecule has 7 nitrogen and oxygen atoms in total. The van der Waals surface area contributed by atoms with Crippen LogP contribution in [0, 0.1) is 0 Å².